The van der Waals surface area contributed by atoms with Gasteiger partial charge >= 0.3 is 5.97 Å². The fourth-order valence-electron chi connectivity index (χ4n) is 2.48. The predicted octanol–water partition coefficient (Wildman–Crippen LogP) is 2.69. The van der Waals surface area contributed by atoms with E-state index in [0.29, 0.717) is 5.56 Å². The average molecular weight is 309 g/mol. The number of para-hydroxylation sites is 1. The Labute approximate surface area is 132 Å². The van der Waals surface area contributed by atoms with Crippen molar-refractivity contribution in [1.82, 2.24) is 15.0 Å². The van der Waals surface area contributed by atoms with Gasteiger partial charge in [0, 0.05) is 34.6 Å². The fourth-order valence-corrected chi connectivity index (χ4v) is 2.48. The summed E-state index contributed by atoms with van der Waals surface area (Å²) in [7, 11) is 0. The number of aromatic amines is 1. The summed E-state index contributed by atoms with van der Waals surface area (Å²) in [6.07, 6.45) is 3.24. The highest BCUT2D eigenvalue weighted by Gasteiger charge is 2.25. The topological polar surface area (TPSA) is 84.9 Å². The number of Topliss-reactive ketones (excluding diaryl/α,β-unsaturated/α-hetero) is 1. The van der Waals surface area contributed by atoms with Gasteiger partial charge in [-0.25, -0.2) is 9.78 Å². The highest BCUT2D eigenvalue weighted by molar-refractivity contribution is 6.11. The molecule has 0 aliphatic carbocycles. The van der Waals surface area contributed by atoms with Crippen molar-refractivity contribution < 1.29 is 14.3 Å². The summed E-state index contributed by atoms with van der Waals surface area (Å²) in [6, 6.07) is 7.52. The van der Waals surface area contributed by atoms with Crippen molar-refractivity contribution in [1.29, 1.82) is 0 Å². The Kier molecular flexibility index (Phi) is 3.89. The molecule has 6 nitrogen and oxygen atoms in total. The number of nitrogens with one attached hydrogen (secondary N) is 1. The third-order valence-corrected chi connectivity index (χ3v) is 3.57. The number of aryl methyl sites for hydroxylation is 1. The summed E-state index contributed by atoms with van der Waals surface area (Å²) >= 11 is 0. The standard InChI is InChI=1S/C17H15N3O3/c1-10-15(12-5-3-4-6-13(12)20-10)16(21)11(2)23-17(22)14-9-18-7-8-19-14/h3-9,11,20H,1-2H3/t11-/m0/s1. The number of carbonyl (C=O) groups excluding carboxylic acids is 2. The zero-order valence-corrected chi connectivity index (χ0v) is 12.7. The first-order chi connectivity index (χ1) is 11.1. The Bertz CT molecular complexity index is 871. The molecular weight excluding hydrogens is 294 g/mol. The van der Waals surface area contributed by atoms with Crippen molar-refractivity contribution in [2.75, 3.05) is 0 Å². The SMILES string of the molecule is Cc1[nH]c2ccccc2c1C(=O)[C@H](C)OC(=O)c1cnccn1. The number of aromatic nitrogens is 3. The van der Waals surface area contributed by atoms with Crippen LogP contribution in [-0.2, 0) is 4.74 Å². The molecule has 0 amide bonds. The number of hydrogen-bond donors (Lipinski definition) is 1. The number of ether oxygens (including phenoxy) is 1. The Balaban J connectivity index is 1.85. The maximum Gasteiger partial charge on any atom is 0.359 e. The molecule has 0 fully saturated rings. The number of nitrogens with zero attached hydrogens (tertiary/aromatic N) is 2. The van der Waals surface area contributed by atoms with Gasteiger partial charge in [0.2, 0.25) is 5.78 Å². The predicted molar refractivity (Wildman–Crippen MR) is 84.3 cm³/mol. The molecule has 3 rings (SSSR count). The maximum atomic E-state index is 12.7. The smallest absolute Gasteiger partial charge is 0.359 e. The lowest BCUT2D eigenvalue weighted by Gasteiger charge is -2.12. The van der Waals surface area contributed by atoms with Crippen molar-refractivity contribution in [2.24, 2.45) is 0 Å². The van der Waals surface area contributed by atoms with Gasteiger partial charge in [0.25, 0.3) is 0 Å². The summed E-state index contributed by atoms with van der Waals surface area (Å²) in [4.78, 5) is 35.5. The number of benzene rings is 1. The van der Waals surface area contributed by atoms with E-state index in [1.807, 2.05) is 31.2 Å². The van der Waals surface area contributed by atoms with Gasteiger partial charge in [-0.05, 0) is 19.9 Å². The van der Waals surface area contributed by atoms with Gasteiger partial charge in [0.1, 0.15) is 0 Å². The summed E-state index contributed by atoms with van der Waals surface area (Å²) in [5, 5.41) is 0.817. The molecule has 6 heteroatoms. The van der Waals surface area contributed by atoms with Crippen molar-refractivity contribution >= 4 is 22.7 Å². The van der Waals surface area contributed by atoms with E-state index < -0.39 is 12.1 Å². The van der Waals surface area contributed by atoms with Crippen LogP contribution in [0.4, 0.5) is 0 Å². The number of carbonyl (C=O) groups is 2. The molecule has 116 valence electrons. The Morgan fingerprint density at radius 2 is 2.00 bits per heavy atom. The van der Waals surface area contributed by atoms with Crippen LogP contribution in [0.1, 0.15) is 33.5 Å². The second-order valence-electron chi connectivity index (χ2n) is 5.17. The van der Waals surface area contributed by atoms with E-state index in [1.54, 1.807) is 6.92 Å². The normalized spacial score (nSPS) is 12.1. The van der Waals surface area contributed by atoms with E-state index in [9.17, 15) is 9.59 Å². The van der Waals surface area contributed by atoms with Crippen molar-refractivity contribution in [3.63, 3.8) is 0 Å². The maximum absolute atomic E-state index is 12.7. The average Bonchev–Trinajstić information content (AvgIpc) is 2.90. The minimum Gasteiger partial charge on any atom is -0.449 e. The molecule has 0 unspecified atom stereocenters. The first-order valence-electron chi connectivity index (χ1n) is 7.16. The molecule has 0 saturated carbocycles. The summed E-state index contributed by atoms with van der Waals surface area (Å²) in [5.74, 6) is -0.923. The number of rotatable bonds is 4. The lowest BCUT2D eigenvalue weighted by Crippen LogP contribution is -2.25. The van der Waals surface area contributed by atoms with Crippen molar-refractivity contribution in [3.8, 4) is 0 Å². The number of ketones is 1. The van der Waals surface area contributed by atoms with Crippen LogP contribution in [0.5, 0.6) is 0 Å². The zero-order valence-electron chi connectivity index (χ0n) is 12.7. The van der Waals surface area contributed by atoms with Gasteiger partial charge < -0.3 is 9.72 Å². The molecular formula is C17H15N3O3. The Hall–Kier alpha value is -3.02. The van der Waals surface area contributed by atoms with Crippen LogP contribution in [-0.4, -0.2) is 32.8 Å². The van der Waals surface area contributed by atoms with Crippen LogP contribution in [0.2, 0.25) is 0 Å². The molecule has 3 aromatic rings. The van der Waals surface area contributed by atoms with Crippen molar-refractivity contribution in [2.45, 2.75) is 20.0 Å². The van der Waals surface area contributed by atoms with Crippen LogP contribution in [0.25, 0.3) is 10.9 Å². The second kappa shape index (κ2) is 6.00. The van der Waals surface area contributed by atoms with Crippen LogP contribution in [0.15, 0.2) is 42.9 Å². The molecule has 2 heterocycles. The molecule has 0 saturated heterocycles. The van der Waals surface area contributed by atoms with E-state index >= 15 is 0 Å². The Morgan fingerprint density at radius 3 is 2.74 bits per heavy atom. The number of H-pyrrole nitrogens is 1. The van der Waals surface area contributed by atoms with Gasteiger partial charge in [-0.3, -0.25) is 9.78 Å². The third-order valence-electron chi connectivity index (χ3n) is 3.57. The van der Waals surface area contributed by atoms with Gasteiger partial charge in [0.05, 0.1) is 6.20 Å². The lowest BCUT2D eigenvalue weighted by molar-refractivity contribution is 0.0313. The molecule has 1 aromatic carbocycles. The number of fused-ring (bicyclic) bond motifs is 1. The molecule has 0 bridgehead atoms. The molecule has 0 aliphatic rings. The van der Waals surface area contributed by atoms with Crippen LogP contribution in [0, 0.1) is 6.92 Å². The van der Waals surface area contributed by atoms with E-state index in [-0.39, 0.29) is 11.5 Å². The number of esters is 1. The van der Waals surface area contributed by atoms with Gasteiger partial charge in [-0.2, -0.15) is 0 Å². The van der Waals surface area contributed by atoms with Crippen LogP contribution in [0.3, 0.4) is 0 Å². The van der Waals surface area contributed by atoms with E-state index in [2.05, 4.69) is 15.0 Å². The molecule has 0 aliphatic heterocycles. The van der Waals surface area contributed by atoms with Crippen molar-refractivity contribution in [3.05, 3.63) is 59.8 Å². The quantitative estimate of drug-likeness (QED) is 0.591. The molecule has 0 radical (unpaired) electrons. The highest BCUT2D eigenvalue weighted by Crippen LogP contribution is 2.24. The minimum absolute atomic E-state index is 0.0720. The molecule has 2 aromatic heterocycles. The van der Waals surface area contributed by atoms with E-state index in [4.69, 9.17) is 4.74 Å². The van der Waals surface area contributed by atoms with Crippen LogP contribution >= 0.6 is 0 Å². The second-order valence-corrected chi connectivity index (χ2v) is 5.17. The molecule has 1 N–H and O–H groups in total. The first-order valence-corrected chi connectivity index (χ1v) is 7.16. The monoisotopic (exact) mass is 309 g/mol. The summed E-state index contributed by atoms with van der Waals surface area (Å²) < 4.78 is 5.22. The molecule has 0 spiro atoms. The van der Waals surface area contributed by atoms with Crippen LogP contribution < -0.4 is 0 Å². The van der Waals surface area contributed by atoms with Gasteiger partial charge in [-0.15, -0.1) is 0 Å². The summed E-state index contributed by atoms with van der Waals surface area (Å²) in [5.41, 5.74) is 2.24. The fraction of sp³-hybridized carbons (Fsp3) is 0.176. The Morgan fingerprint density at radius 1 is 1.22 bits per heavy atom. The highest BCUT2D eigenvalue weighted by atomic mass is 16.5. The van der Waals surface area contributed by atoms with Gasteiger partial charge in [0.15, 0.2) is 11.8 Å². The third kappa shape index (κ3) is 2.83. The molecule has 23 heavy (non-hydrogen) atoms. The minimum atomic E-state index is -0.914. The van der Waals surface area contributed by atoms with Gasteiger partial charge in [-0.1, -0.05) is 18.2 Å². The number of hydrogen-bond acceptors (Lipinski definition) is 5. The largest absolute Gasteiger partial charge is 0.449 e. The van der Waals surface area contributed by atoms with E-state index in [1.165, 1.54) is 18.6 Å². The summed E-state index contributed by atoms with van der Waals surface area (Å²) in [6.45, 7) is 3.38. The zero-order chi connectivity index (χ0) is 16.4. The first kappa shape index (κ1) is 14.9. The lowest BCUT2D eigenvalue weighted by atomic mass is 10.0. The molecule has 1 atom stereocenters. The van der Waals surface area contributed by atoms with E-state index in [0.717, 1.165) is 16.6 Å².